The molecule has 3 nitrogen and oxygen atoms in total. The van der Waals surface area contributed by atoms with Crippen molar-refractivity contribution in [1.82, 2.24) is 4.90 Å². The lowest BCUT2D eigenvalue weighted by molar-refractivity contribution is 0.0992. The predicted octanol–water partition coefficient (Wildman–Crippen LogP) is 3.75. The Morgan fingerprint density at radius 1 is 1.15 bits per heavy atom. The second-order valence-corrected chi connectivity index (χ2v) is 4.84. The predicted molar refractivity (Wildman–Crippen MR) is 77.3 cm³/mol. The van der Waals surface area contributed by atoms with Crippen LogP contribution in [-0.2, 0) is 11.3 Å². The molecule has 0 aromatic heterocycles. The molecule has 0 unspecified atom stereocenters. The van der Waals surface area contributed by atoms with E-state index in [0.29, 0.717) is 13.2 Å². The SMILES string of the molecule is CCOC(=O)N1Cc2ccccc2[C@@H]1c1ccccc1. The molecule has 0 N–H and O–H groups in total. The van der Waals surface area contributed by atoms with Crippen molar-refractivity contribution in [2.45, 2.75) is 19.5 Å². The Labute approximate surface area is 118 Å². The zero-order valence-electron chi connectivity index (χ0n) is 11.5. The maximum atomic E-state index is 12.2. The van der Waals surface area contributed by atoms with Crippen LogP contribution in [0.4, 0.5) is 4.79 Å². The topological polar surface area (TPSA) is 29.5 Å². The van der Waals surface area contributed by atoms with Crippen LogP contribution >= 0.6 is 0 Å². The van der Waals surface area contributed by atoms with Crippen LogP contribution in [0.1, 0.15) is 29.7 Å². The first kappa shape index (κ1) is 12.7. The molecule has 1 atom stereocenters. The van der Waals surface area contributed by atoms with Crippen molar-refractivity contribution in [2.75, 3.05) is 6.61 Å². The van der Waals surface area contributed by atoms with E-state index in [4.69, 9.17) is 4.74 Å². The van der Waals surface area contributed by atoms with E-state index < -0.39 is 0 Å². The zero-order chi connectivity index (χ0) is 13.9. The van der Waals surface area contributed by atoms with Crippen LogP contribution in [-0.4, -0.2) is 17.6 Å². The highest BCUT2D eigenvalue weighted by Gasteiger charge is 2.35. The van der Waals surface area contributed by atoms with Crippen molar-refractivity contribution >= 4 is 6.09 Å². The molecular weight excluding hydrogens is 250 g/mol. The minimum Gasteiger partial charge on any atom is -0.450 e. The van der Waals surface area contributed by atoms with Gasteiger partial charge in [0.25, 0.3) is 0 Å². The first-order chi connectivity index (χ1) is 9.81. The van der Waals surface area contributed by atoms with Gasteiger partial charge < -0.3 is 4.74 Å². The molecule has 2 aromatic rings. The summed E-state index contributed by atoms with van der Waals surface area (Å²) in [5, 5.41) is 0. The minimum absolute atomic E-state index is 0.0496. The first-order valence-electron chi connectivity index (χ1n) is 6.87. The highest BCUT2D eigenvalue weighted by molar-refractivity contribution is 5.71. The van der Waals surface area contributed by atoms with Crippen molar-refractivity contribution in [2.24, 2.45) is 0 Å². The molecular formula is C17H17NO2. The summed E-state index contributed by atoms with van der Waals surface area (Å²) in [4.78, 5) is 14.0. The normalized spacial score (nSPS) is 16.9. The summed E-state index contributed by atoms with van der Waals surface area (Å²) in [5.41, 5.74) is 3.49. The maximum Gasteiger partial charge on any atom is 0.410 e. The fourth-order valence-corrected chi connectivity index (χ4v) is 2.76. The molecule has 0 radical (unpaired) electrons. The molecule has 0 aliphatic carbocycles. The Hall–Kier alpha value is -2.29. The molecule has 0 fully saturated rings. The van der Waals surface area contributed by atoms with Crippen molar-refractivity contribution < 1.29 is 9.53 Å². The summed E-state index contributed by atoms with van der Waals surface area (Å²) in [6, 6.07) is 18.2. The molecule has 1 aliphatic rings. The van der Waals surface area contributed by atoms with Gasteiger partial charge in [0.05, 0.1) is 19.2 Å². The van der Waals surface area contributed by atoms with Crippen molar-refractivity contribution in [1.29, 1.82) is 0 Å². The van der Waals surface area contributed by atoms with Gasteiger partial charge in [-0.3, -0.25) is 4.90 Å². The van der Waals surface area contributed by atoms with Crippen molar-refractivity contribution in [3.63, 3.8) is 0 Å². The van der Waals surface area contributed by atoms with Gasteiger partial charge in [0.15, 0.2) is 0 Å². The van der Waals surface area contributed by atoms with Crippen LogP contribution < -0.4 is 0 Å². The van der Waals surface area contributed by atoms with E-state index >= 15 is 0 Å². The van der Waals surface area contributed by atoms with Gasteiger partial charge in [0, 0.05) is 0 Å². The first-order valence-corrected chi connectivity index (χ1v) is 6.87. The van der Waals surface area contributed by atoms with E-state index in [1.807, 2.05) is 37.3 Å². The summed E-state index contributed by atoms with van der Waals surface area (Å²) in [5.74, 6) is 0. The van der Waals surface area contributed by atoms with E-state index in [-0.39, 0.29) is 12.1 Å². The number of carbonyl (C=O) groups excluding carboxylic acids is 1. The van der Waals surface area contributed by atoms with E-state index in [0.717, 1.165) is 5.56 Å². The molecule has 0 bridgehead atoms. The molecule has 1 heterocycles. The van der Waals surface area contributed by atoms with Crippen LogP contribution in [0.15, 0.2) is 54.6 Å². The zero-order valence-corrected chi connectivity index (χ0v) is 11.5. The van der Waals surface area contributed by atoms with Crippen molar-refractivity contribution in [3.05, 3.63) is 71.3 Å². The summed E-state index contributed by atoms with van der Waals surface area (Å²) >= 11 is 0. The second kappa shape index (κ2) is 5.37. The van der Waals surface area contributed by atoms with Crippen LogP contribution in [0, 0.1) is 0 Å². The average Bonchev–Trinajstić information content (AvgIpc) is 2.88. The molecule has 0 spiro atoms. The Bertz CT molecular complexity index is 609. The van der Waals surface area contributed by atoms with Crippen LogP contribution in [0.3, 0.4) is 0 Å². The number of nitrogens with zero attached hydrogens (tertiary/aromatic N) is 1. The lowest BCUT2D eigenvalue weighted by Crippen LogP contribution is -2.30. The third kappa shape index (κ3) is 2.16. The number of carbonyl (C=O) groups is 1. The number of hydrogen-bond donors (Lipinski definition) is 0. The van der Waals surface area contributed by atoms with Gasteiger partial charge in [0.1, 0.15) is 0 Å². The molecule has 3 rings (SSSR count). The summed E-state index contributed by atoms with van der Waals surface area (Å²) in [7, 11) is 0. The average molecular weight is 267 g/mol. The fraction of sp³-hybridized carbons (Fsp3) is 0.235. The monoisotopic (exact) mass is 267 g/mol. The lowest BCUT2D eigenvalue weighted by atomic mass is 9.98. The largest absolute Gasteiger partial charge is 0.450 e. The molecule has 0 saturated carbocycles. The number of ether oxygens (including phenoxy) is 1. The van der Waals surface area contributed by atoms with Gasteiger partial charge in [-0.25, -0.2) is 4.79 Å². The van der Waals surface area contributed by atoms with Crippen molar-refractivity contribution in [3.8, 4) is 0 Å². The second-order valence-electron chi connectivity index (χ2n) is 4.84. The fourth-order valence-electron chi connectivity index (χ4n) is 2.76. The van der Waals surface area contributed by atoms with Gasteiger partial charge in [-0.05, 0) is 23.6 Å². The number of benzene rings is 2. The number of hydrogen-bond acceptors (Lipinski definition) is 2. The van der Waals surface area contributed by atoms with Gasteiger partial charge in [-0.2, -0.15) is 0 Å². The third-order valence-electron chi connectivity index (χ3n) is 3.62. The quantitative estimate of drug-likeness (QED) is 0.829. The highest BCUT2D eigenvalue weighted by Crippen LogP contribution is 2.38. The van der Waals surface area contributed by atoms with E-state index in [9.17, 15) is 4.79 Å². The van der Waals surface area contributed by atoms with Gasteiger partial charge in [-0.15, -0.1) is 0 Å². The Morgan fingerprint density at radius 3 is 2.60 bits per heavy atom. The number of fused-ring (bicyclic) bond motifs is 1. The molecule has 2 aromatic carbocycles. The highest BCUT2D eigenvalue weighted by atomic mass is 16.6. The number of amides is 1. The summed E-state index contributed by atoms with van der Waals surface area (Å²) in [6.07, 6.45) is -0.252. The molecule has 1 amide bonds. The van der Waals surface area contributed by atoms with Crippen LogP contribution in [0.5, 0.6) is 0 Å². The summed E-state index contributed by atoms with van der Waals surface area (Å²) in [6.45, 7) is 2.83. The van der Waals surface area contributed by atoms with Gasteiger partial charge in [-0.1, -0.05) is 54.6 Å². The number of rotatable bonds is 2. The van der Waals surface area contributed by atoms with E-state index in [1.54, 1.807) is 4.90 Å². The molecule has 1 aliphatic heterocycles. The van der Waals surface area contributed by atoms with Crippen LogP contribution in [0.25, 0.3) is 0 Å². The van der Waals surface area contributed by atoms with E-state index in [2.05, 4.69) is 24.3 Å². The van der Waals surface area contributed by atoms with Crippen LogP contribution in [0.2, 0.25) is 0 Å². The van der Waals surface area contributed by atoms with E-state index in [1.165, 1.54) is 11.1 Å². The molecule has 3 heteroatoms. The standard InChI is InChI=1S/C17H17NO2/c1-2-20-17(19)18-12-14-10-6-7-11-15(14)16(18)13-8-4-3-5-9-13/h3-11,16H,2,12H2,1H3/t16-/m0/s1. The minimum atomic E-state index is -0.252. The van der Waals surface area contributed by atoms with Gasteiger partial charge >= 0.3 is 6.09 Å². The third-order valence-corrected chi connectivity index (χ3v) is 3.62. The summed E-state index contributed by atoms with van der Waals surface area (Å²) < 4.78 is 5.20. The molecule has 0 saturated heterocycles. The molecule has 102 valence electrons. The molecule has 20 heavy (non-hydrogen) atoms. The maximum absolute atomic E-state index is 12.2. The Kier molecular flexibility index (Phi) is 3.42. The smallest absolute Gasteiger partial charge is 0.410 e. The lowest BCUT2D eigenvalue weighted by Gasteiger charge is -2.24. The Balaban J connectivity index is 2.03. The Morgan fingerprint density at radius 2 is 1.85 bits per heavy atom. The van der Waals surface area contributed by atoms with Gasteiger partial charge in [0.2, 0.25) is 0 Å².